The standard InChI is InChI=1S/C8H16INO2/c1-7(3-4-9)8(11)10-5-6-12-2/h7H,3-6H2,1-2H3,(H,10,11). The summed E-state index contributed by atoms with van der Waals surface area (Å²) in [5.74, 6) is 0.252. The molecule has 72 valence electrons. The number of carbonyl (C=O) groups is 1. The van der Waals surface area contributed by atoms with Crippen molar-refractivity contribution >= 4 is 28.5 Å². The molecule has 0 heterocycles. The Kier molecular flexibility index (Phi) is 7.89. The van der Waals surface area contributed by atoms with E-state index in [1.807, 2.05) is 6.92 Å². The first kappa shape index (κ1) is 12.2. The Hall–Kier alpha value is 0.160. The molecule has 12 heavy (non-hydrogen) atoms. The SMILES string of the molecule is COCCNC(=O)C(C)CCI. The number of methoxy groups -OCH3 is 1. The Morgan fingerprint density at radius 3 is 2.83 bits per heavy atom. The van der Waals surface area contributed by atoms with Gasteiger partial charge in [0, 0.05) is 24.0 Å². The molecule has 4 heteroatoms. The second-order valence-corrected chi connectivity index (χ2v) is 3.74. The summed E-state index contributed by atoms with van der Waals surface area (Å²) in [4.78, 5) is 11.2. The van der Waals surface area contributed by atoms with Gasteiger partial charge in [-0.3, -0.25) is 4.79 Å². The first-order chi connectivity index (χ1) is 5.72. The maximum Gasteiger partial charge on any atom is 0.222 e. The molecule has 0 spiro atoms. The molecular formula is C8H16INO2. The quantitative estimate of drug-likeness (QED) is 0.452. The van der Waals surface area contributed by atoms with Crippen LogP contribution < -0.4 is 5.32 Å². The van der Waals surface area contributed by atoms with Gasteiger partial charge in [-0.2, -0.15) is 0 Å². The van der Waals surface area contributed by atoms with Gasteiger partial charge in [-0.05, 0) is 6.42 Å². The molecule has 0 saturated carbocycles. The van der Waals surface area contributed by atoms with Gasteiger partial charge in [-0.25, -0.2) is 0 Å². The van der Waals surface area contributed by atoms with E-state index in [1.54, 1.807) is 7.11 Å². The normalized spacial score (nSPS) is 12.6. The molecule has 0 radical (unpaired) electrons. The number of hydrogen-bond acceptors (Lipinski definition) is 2. The van der Waals surface area contributed by atoms with E-state index >= 15 is 0 Å². The maximum absolute atomic E-state index is 11.2. The average Bonchev–Trinajstić information content (AvgIpc) is 2.05. The number of carbonyl (C=O) groups excluding carboxylic acids is 1. The van der Waals surface area contributed by atoms with Crippen molar-refractivity contribution in [1.82, 2.24) is 5.32 Å². The van der Waals surface area contributed by atoms with Crippen LogP contribution in [-0.4, -0.2) is 30.6 Å². The van der Waals surface area contributed by atoms with Crippen LogP contribution in [0.2, 0.25) is 0 Å². The lowest BCUT2D eigenvalue weighted by Gasteiger charge is -2.09. The Labute approximate surface area is 87.4 Å². The number of amides is 1. The minimum absolute atomic E-state index is 0.124. The van der Waals surface area contributed by atoms with E-state index in [0.29, 0.717) is 13.2 Å². The molecule has 0 rings (SSSR count). The Morgan fingerprint density at radius 2 is 2.33 bits per heavy atom. The Morgan fingerprint density at radius 1 is 1.67 bits per heavy atom. The molecule has 0 fully saturated rings. The minimum atomic E-state index is 0.124. The van der Waals surface area contributed by atoms with Gasteiger partial charge in [0.1, 0.15) is 0 Å². The summed E-state index contributed by atoms with van der Waals surface area (Å²) < 4.78 is 5.84. The Balaban J connectivity index is 3.43. The lowest BCUT2D eigenvalue weighted by atomic mass is 10.1. The van der Waals surface area contributed by atoms with Crippen LogP contribution in [0, 0.1) is 5.92 Å². The molecule has 0 aromatic heterocycles. The predicted molar refractivity (Wildman–Crippen MR) is 57.6 cm³/mol. The van der Waals surface area contributed by atoms with E-state index in [9.17, 15) is 4.79 Å². The number of hydrogen-bond donors (Lipinski definition) is 1. The van der Waals surface area contributed by atoms with Crippen LogP contribution in [0.1, 0.15) is 13.3 Å². The molecule has 1 N–H and O–H groups in total. The van der Waals surface area contributed by atoms with Gasteiger partial charge in [-0.1, -0.05) is 29.5 Å². The van der Waals surface area contributed by atoms with Crippen molar-refractivity contribution in [2.24, 2.45) is 5.92 Å². The lowest BCUT2D eigenvalue weighted by Crippen LogP contribution is -2.31. The number of halogens is 1. The van der Waals surface area contributed by atoms with Crippen molar-refractivity contribution in [3.05, 3.63) is 0 Å². The third kappa shape index (κ3) is 5.77. The third-order valence-corrected chi connectivity index (χ3v) is 2.22. The molecule has 0 aliphatic carbocycles. The van der Waals surface area contributed by atoms with Crippen LogP contribution in [0.3, 0.4) is 0 Å². The van der Waals surface area contributed by atoms with E-state index in [0.717, 1.165) is 10.8 Å². The van der Waals surface area contributed by atoms with Gasteiger partial charge in [0.25, 0.3) is 0 Å². The van der Waals surface area contributed by atoms with Gasteiger partial charge >= 0.3 is 0 Å². The van der Waals surface area contributed by atoms with Gasteiger partial charge in [0.2, 0.25) is 5.91 Å². The van der Waals surface area contributed by atoms with E-state index in [2.05, 4.69) is 27.9 Å². The second kappa shape index (κ2) is 7.79. The van der Waals surface area contributed by atoms with Crippen LogP contribution in [0.15, 0.2) is 0 Å². The molecule has 3 nitrogen and oxygen atoms in total. The largest absolute Gasteiger partial charge is 0.383 e. The fourth-order valence-electron chi connectivity index (χ4n) is 0.745. The highest BCUT2D eigenvalue weighted by molar-refractivity contribution is 14.1. The fraction of sp³-hybridized carbons (Fsp3) is 0.875. The summed E-state index contributed by atoms with van der Waals surface area (Å²) in [5, 5.41) is 2.80. The zero-order valence-electron chi connectivity index (χ0n) is 7.60. The second-order valence-electron chi connectivity index (χ2n) is 2.66. The van der Waals surface area contributed by atoms with Crippen molar-refractivity contribution in [3.63, 3.8) is 0 Å². The third-order valence-electron chi connectivity index (χ3n) is 1.60. The fourth-order valence-corrected chi connectivity index (χ4v) is 1.68. The summed E-state index contributed by atoms with van der Waals surface area (Å²) in [5.41, 5.74) is 0. The highest BCUT2D eigenvalue weighted by Gasteiger charge is 2.10. The lowest BCUT2D eigenvalue weighted by molar-refractivity contribution is -0.124. The highest BCUT2D eigenvalue weighted by atomic mass is 127. The van der Waals surface area contributed by atoms with Gasteiger partial charge < -0.3 is 10.1 Å². The maximum atomic E-state index is 11.2. The van der Waals surface area contributed by atoms with Crippen LogP contribution in [0.5, 0.6) is 0 Å². The van der Waals surface area contributed by atoms with E-state index in [-0.39, 0.29) is 11.8 Å². The molecular weight excluding hydrogens is 269 g/mol. The first-order valence-electron chi connectivity index (χ1n) is 4.05. The average molecular weight is 285 g/mol. The molecule has 1 atom stereocenters. The minimum Gasteiger partial charge on any atom is -0.383 e. The highest BCUT2D eigenvalue weighted by Crippen LogP contribution is 2.03. The first-order valence-corrected chi connectivity index (χ1v) is 5.57. The Bertz CT molecular complexity index is 130. The number of nitrogens with one attached hydrogen (secondary N) is 1. The van der Waals surface area contributed by atoms with Gasteiger partial charge in [0.05, 0.1) is 6.61 Å². The predicted octanol–water partition coefficient (Wildman–Crippen LogP) is 1.21. The van der Waals surface area contributed by atoms with E-state index in [4.69, 9.17) is 4.74 Å². The number of alkyl halides is 1. The van der Waals surface area contributed by atoms with Crippen LogP contribution >= 0.6 is 22.6 Å². The van der Waals surface area contributed by atoms with Crippen molar-refractivity contribution in [3.8, 4) is 0 Å². The molecule has 1 unspecified atom stereocenters. The van der Waals surface area contributed by atoms with Crippen molar-refractivity contribution in [2.75, 3.05) is 24.7 Å². The number of ether oxygens (including phenoxy) is 1. The van der Waals surface area contributed by atoms with Crippen molar-refractivity contribution < 1.29 is 9.53 Å². The van der Waals surface area contributed by atoms with Gasteiger partial charge in [-0.15, -0.1) is 0 Å². The molecule has 0 aliphatic rings. The zero-order chi connectivity index (χ0) is 9.40. The summed E-state index contributed by atoms with van der Waals surface area (Å²) in [6.45, 7) is 3.14. The summed E-state index contributed by atoms with van der Waals surface area (Å²) >= 11 is 2.28. The molecule has 0 aromatic rings. The monoisotopic (exact) mass is 285 g/mol. The molecule has 0 bridgehead atoms. The van der Waals surface area contributed by atoms with E-state index < -0.39 is 0 Å². The zero-order valence-corrected chi connectivity index (χ0v) is 9.76. The van der Waals surface area contributed by atoms with Crippen LogP contribution in [0.25, 0.3) is 0 Å². The number of rotatable bonds is 6. The van der Waals surface area contributed by atoms with Crippen LogP contribution in [-0.2, 0) is 9.53 Å². The van der Waals surface area contributed by atoms with Crippen molar-refractivity contribution in [1.29, 1.82) is 0 Å². The molecule has 0 saturated heterocycles. The molecule has 1 amide bonds. The summed E-state index contributed by atoms with van der Waals surface area (Å²) in [6.07, 6.45) is 0.944. The topological polar surface area (TPSA) is 38.3 Å². The van der Waals surface area contributed by atoms with Gasteiger partial charge in [0.15, 0.2) is 0 Å². The molecule has 0 aliphatic heterocycles. The summed E-state index contributed by atoms with van der Waals surface area (Å²) in [7, 11) is 1.63. The smallest absolute Gasteiger partial charge is 0.222 e. The molecule has 0 aromatic carbocycles. The summed E-state index contributed by atoms with van der Waals surface area (Å²) in [6, 6.07) is 0. The van der Waals surface area contributed by atoms with E-state index in [1.165, 1.54) is 0 Å². The van der Waals surface area contributed by atoms with Crippen molar-refractivity contribution in [2.45, 2.75) is 13.3 Å². The van der Waals surface area contributed by atoms with Crippen LogP contribution in [0.4, 0.5) is 0 Å².